The molecule has 0 radical (unpaired) electrons. The first-order valence-corrected chi connectivity index (χ1v) is 6.96. The van der Waals surface area contributed by atoms with Crippen LogP contribution in [0.3, 0.4) is 0 Å². The van der Waals surface area contributed by atoms with E-state index >= 15 is 0 Å². The van der Waals surface area contributed by atoms with E-state index in [9.17, 15) is 4.79 Å². The standard InChI is InChI=1S/C13H15N3O2S/c1-16-12(11(7-15-16)13(17)18)8-14-9-3-5-10(19-2)6-4-9/h3-7,14H,8H2,1-2H3,(H,17,18). The molecule has 0 saturated carbocycles. The van der Waals surface area contributed by atoms with Gasteiger partial charge in [0.15, 0.2) is 0 Å². The summed E-state index contributed by atoms with van der Waals surface area (Å²) < 4.78 is 1.58. The molecule has 0 unspecified atom stereocenters. The zero-order valence-corrected chi connectivity index (χ0v) is 11.6. The Morgan fingerprint density at radius 1 is 1.42 bits per heavy atom. The minimum atomic E-state index is -0.956. The Hall–Kier alpha value is -1.95. The first-order chi connectivity index (χ1) is 9.11. The van der Waals surface area contributed by atoms with Gasteiger partial charge in [-0.1, -0.05) is 0 Å². The zero-order chi connectivity index (χ0) is 13.8. The molecule has 2 rings (SSSR count). The molecule has 100 valence electrons. The third kappa shape index (κ3) is 3.08. The maximum Gasteiger partial charge on any atom is 0.339 e. The normalized spacial score (nSPS) is 10.4. The molecule has 0 atom stereocenters. The first kappa shape index (κ1) is 13.5. The summed E-state index contributed by atoms with van der Waals surface area (Å²) in [6.45, 7) is 0.427. The summed E-state index contributed by atoms with van der Waals surface area (Å²) in [5, 5.41) is 16.2. The van der Waals surface area contributed by atoms with Crippen molar-refractivity contribution in [2.45, 2.75) is 11.4 Å². The fraction of sp³-hybridized carbons (Fsp3) is 0.231. The largest absolute Gasteiger partial charge is 0.478 e. The highest BCUT2D eigenvalue weighted by Gasteiger charge is 2.14. The zero-order valence-electron chi connectivity index (χ0n) is 10.8. The maximum atomic E-state index is 11.0. The molecule has 0 aliphatic carbocycles. The maximum absolute atomic E-state index is 11.0. The van der Waals surface area contributed by atoms with Crippen molar-refractivity contribution < 1.29 is 9.90 Å². The Morgan fingerprint density at radius 3 is 2.68 bits per heavy atom. The number of anilines is 1. The van der Waals surface area contributed by atoms with Crippen LogP contribution in [-0.2, 0) is 13.6 Å². The minimum Gasteiger partial charge on any atom is -0.478 e. The van der Waals surface area contributed by atoms with Gasteiger partial charge in [0.2, 0.25) is 0 Å². The molecule has 5 nitrogen and oxygen atoms in total. The van der Waals surface area contributed by atoms with Gasteiger partial charge in [-0.25, -0.2) is 4.79 Å². The second kappa shape index (κ2) is 5.79. The third-order valence-electron chi connectivity index (χ3n) is 2.84. The average molecular weight is 277 g/mol. The van der Waals surface area contributed by atoms with E-state index in [4.69, 9.17) is 5.11 Å². The lowest BCUT2D eigenvalue weighted by Crippen LogP contribution is -2.10. The van der Waals surface area contributed by atoms with Gasteiger partial charge in [-0.05, 0) is 30.5 Å². The van der Waals surface area contributed by atoms with Crippen molar-refractivity contribution in [1.29, 1.82) is 0 Å². The van der Waals surface area contributed by atoms with Crippen LogP contribution in [0.15, 0.2) is 35.4 Å². The predicted molar refractivity (Wildman–Crippen MR) is 75.7 cm³/mol. The molecule has 0 aliphatic heterocycles. The Balaban J connectivity index is 2.09. The summed E-state index contributed by atoms with van der Waals surface area (Å²) in [5.74, 6) is -0.956. The lowest BCUT2D eigenvalue weighted by atomic mass is 10.2. The number of aryl methyl sites for hydroxylation is 1. The fourth-order valence-corrected chi connectivity index (χ4v) is 2.15. The number of hydrogen-bond donors (Lipinski definition) is 2. The van der Waals surface area contributed by atoms with Gasteiger partial charge in [0, 0.05) is 17.6 Å². The molecule has 0 saturated heterocycles. The van der Waals surface area contributed by atoms with Crippen LogP contribution in [0.25, 0.3) is 0 Å². The quantitative estimate of drug-likeness (QED) is 0.822. The molecule has 1 aromatic heterocycles. The van der Waals surface area contributed by atoms with Gasteiger partial charge in [-0.3, -0.25) is 4.68 Å². The van der Waals surface area contributed by atoms with Crippen LogP contribution in [0.4, 0.5) is 5.69 Å². The highest BCUT2D eigenvalue weighted by atomic mass is 32.2. The monoisotopic (exact) mass is 277 g/mol. The Morgan fingerprint density at radius 2 is 2.11 bits per heavy atom. The molecule has 1 heterocycles. The lowest BCUT2D eigenvalue weighted by Gasteiger charge is -2.08. The van der Waals surface area contributed by atoms with E-state index in [-0.39, 0.29) is 5.56 Å². The molecule has 6 heteroatoms. The molecule has 2 N–H and O–H groups in total. The summed E-state index contributed by atoms with van der Waals surface area (Å²) in [4.78, 5) is 12.2. The second-order valence-corrected chi connectivity index (χ2v) is 4.90. The number of aromatic carboxylic acids is 1. The van der Waals surface area contributed by atoms with Crippen molar-refractivity contribution in [1.82, 2.24) is 9.78 Å². The number of aromatic nitrogens is 2. The number of nitrogens with zero attached hydrogens (tertiary/aromatic N) is 2. The van der Waals surface area contributed by atoms with Crippen molar-refractivity contribution in [3.63, 3.8) is 0 Å². The molecular weight excluding hydrogens is 262 g/mol. The highest BCUT2D eigenvalue weighted by Crippen LogP contribution is 2.18. The first-order valence-electron chi connectivity index (χ1n) is 5.74. The van der Waals surface area contributed by atoms with Gasteiger partial charge in [0.25, 0.3) is 0 Å². The smallest absolute Gasteiger partial charge is 0.339 e. The number of nitrogens with one attached hydrogen (secondary N) is 1. The Labute approximate surface area is 115 Å². The van der Waals surface area contributed by atoms with Gasteiger partial charge in [0.1, 0.15) is 5.56 Å². The van der Waals surface area contributed by atoms with Crippen LogP contribution < -0.4 is 5.32 Å². The Kier molecular flexibility index (Phi) is 4.11. The molecule has 0 amide bonds. The van der Waals surface area contributed by atoms with E-state index < -0.39 is 5.97 Å². The summed E-state index contributed by atoms with van der Waals surface area (Å²) >= 11 is 1.68. The molecule has 2 aromatic rings. The molecule has 0 fully saturated rings. The molecule has 0 aliphatic rings. The minimum absolute atomic E-state index is 0.232. The number of thioether (sulfide) groups is 1. The lowest BCUT2D eigenvalue weighted by molar-refractivity contribution is 0.0695. The van der Waals surface area contributed by atoms with Crippen molar-refractivity contribution in [3.05, 3.63) is 41.7 Å². The van der Waals surface area contributed by atoms with Crippen molar-refractivity contribution in [2.24, 2.45) is 7.05 Å². The number of carboxylic acids is 1. The van der Waals surface area contributed by atoms with E-state index in [1.807, 2.05) is 30.5 Å². The van der Waals surface area contributed by atoms with Gasteiger partial charge >= 0.3 is 5.97 Å². The summed E-state index contributed by atoms with van der Waals surface area (Å²) in [7, 11) is 1.74. The fourth-order valence-electron chi connectivity index (χ4n) is 1.75. The number of rotatable bonds is 5. The van der Waals surface area contributed by atoms with Crippen LogP contribution in [-0.4, -0.2) is 27.1 Å². The van der Waals surface area contributed by atoms with Crippen LogP contribution in [0.1, 0.15) is 16.1 Å². The topological polar surface area (TPSA) is 67.2 Å². The van der Waals surface area contributed by atoms with Crippen molar-refractivity contribution in [2.75, 3.05) is 11.6 Å². The molecular formula is C13H15N3O2S. The third-order valence-corrected chi connectivity index (χ3v) is 3.59. The van der Waals surface area contributed by atoms with Crippen LogP contribution >= 0.6 is 11.8 Å². The highest BCUT2D eigenvalue weighted by molar-refractivity contribution is 7.98. The average Bonchev–Trinajstić information content (AvgIpc) is 2.78. The van der Waals surface area contributed by atoms with Crippen molar-refractivity contribution in [3.8, 4) is 0 Å². The van der Waals surface area contributed by atoms with Gasteiger partial charge in [-0.15, -0.1) is 11.8 Å². The van der Waals surface area contributed by atoms with Gasteiger partial charge in [0.05, 0.1) is 18.4 Å². The summed E-state index contributed by atoms with van der Waals surface area (Å²) in [6.07, 6.45) is 3.40. The number of carbonyl (C=O) groups is 1. The molecule has 0 bridgehead atoms. The predicted octanol–water partition coefficient (Wildman–Crippen LogP) is 2.45. The van der Waals surface area contributed by atoms with Crippen LogP contribution in [0, 0.1) is 0 Å². The molecule has 19 heavy (non-hydrogen) atoms. The summed E-state index contributed by atoms with van der Waals surface area (Å²) in [5.41, 5.74) is 1.84. The number of benzene rings is 1. The van der Waals surface area contributed by atoms with E-state index in [2.05, 4.69) is 10.4 Å². The summed E-state index contributed by atoms with van der Waals surface area (Å²) in [6, 6.07) is 7.99. The van der Waals surface area contributed by atoms with Crippen LogP contribution in [0.2, 0.25) is 0 Å². The second-order valence-electron chi connectivity index (χ2n) is 4.02. The molecule has 1 aromatic carbocycles. The van der Waals surface area contributed by atoms with Crippen molar-refractivity contribution >= 4 is 23.4 Å². The van der Waals surface area contributed by atoms with Gasteiger partial charge in [-0.2, -0.15) is 5.10 Å². The van der Waals surface area contributed by atoms with E-state index in [1.165, 1.54) is 11.1 Å². The van der Waals surface area contributed by atoms with E-state index in [0.29, 0.717) is 12.2 Å². The SMILES string of the molecule is CSc1ccc(NCc2c(C(=O)O)cnn2C)cc1. The Bertz CT molecular complexity index is 578. The van der Waals surface area contributed by atoms with E-state index in [1.54, 1.807) is 23.5 Å². The number of carboxylic acid groups (broad SMARTS) is 1. The van der Waals surface area contributed by atoms with Gasteiger partial charge < -0.3 is 10.4 Å². The van der Waals surface area contributed by atoms with Crippen LogP contribution in [0.5, 0.6) is 0 Å². The number of hydrogen-bond acceptors (Lipinski definition) is 4. The van der Waals surface area contributed by atoms with E-state index in [0.717, 1.165) is 5.69 Å². The molecule has 0 spiro atoms.